The second kappa shape index (κ2) is 6.63. The van der Waals surface area contributed by atoms with Crippen molar-refractivity contribution in [1.29, 1.82) is 0 Å². The van der Waals surface area contributed by atoms with Crippen LogP contribution >= 0.6 is 15.9 Å². The summed E-state index contributed by atoms with van der Waals surface area (Å²) in [5.74, 6) is -0.502. The molecule has 0 bridgehead atoms. The number of aromatic nitrogens is 1. The van der Waals surface area contributed by atoms with E-state index in [2.05, 4.69) is 42.5 Å². The van der Waals surface area contributed by atoms with Gasteiger partial charge in [0.25, 0.3) is 11.6 Å². The maximum atomic E-state index is 12.4. The highest BCUT2D eigenvalue weighted by atomic mass is 79.9. The molecular weight excluding hydrogens is 438 g/mol. The number of nitrogens with one attached hydrogen (secondary N) is 2. The minimum Gasteiger partial charge on any atom is -0.353 e. The first-order valence-electron chi connectivity index (χ1n) is 9.07. The molecule has 0 spiro atoms. The van der Waals surface area contributed by atoms with Gasteiger partial charge in [-0.15, -0.1) is 5.10 Å². The number of rotatable bonds is 2. The Kier molecular flexibility index (Phi) is 4.06. The molecule has 2 heterocycles. The van der Waals surface area contributed by atoms with Crippen LogP contribution in [-0.2, 0) is 11.2 Å². The number of carbonyl (C=O) groups excluding carboxylic acids is 1. The molecule has 9 heteroatoms. The third-order valence-corrected chi connectivity index (χ3v) is 5.66. The normalized spacial score (nSPS) is 18.2. The summed E-state index contributed by atoms with van der Waals surface area (Å²) in [6, 6.07) is 11.1. The number of para-hydroxylation sites is 1. The molecule has 0 saturated heterocycles. The fourth-order valence-electron chi connectivity index (χ4n) is 3.92. The molecule has 2 aliphatic rings. The van der Waals surface area contributed by atoms with E-state index in [1.165, 1.54) is 17.0 Å². The van der Waals surface area contributed by atoms with Crippen LogP contribution in [-0.4, -0.2) is 27.2 Å². The van der Waals surface area contributed by atoms with Crippen LogP contribution in [0.15, 0.2) is 51.1 Å². The summed E-state index contributed by atoms with van der Waals surface area (Å²) in [4.78, 5) is 26.6. The Labute approximate surface area is 173 Å². The van der Waals surface area contributed by atoms with Gasteiger partial charge in [0.05, 0.1) is 16.3 Å². The Bertz CT molecular complexity index is 1270. The molecule has 5 rings (SSSR count). The lowest BCUT2D eigenvalue weighted by Crippen LogP contribution is -2.15. The van der Waals surface area contributed by atoms with Gasteiger partial charge >= 0.3 is 0 Å². The SMILES string of the molecule is O=C1Nc2c(cc(Br)cc2[N+](=O)[O-])/C1=N\N=C1/CCCc2c1[nH]c1ccccc21. The van der Waals surface area contributed by atoms with E-state index < -0.39 is 10.8 Å². The molecule has 8 nitrogen and oxygen atoms in total. The minimum absolute atomic E-state index is 0.0696. The molecule has 0 atom stereocenters. The van der Waals surface area contributed by atoms with Crippen LogP contribution in [0.25, 0.3) is 10.9 Å². The van der Waals surface area contributed by atoms with Crippen molar-refractivity contribution in [2.24, 2.45) is 10.2 Å². The molecule has 0 saturated carbocycles. The lowest BCUT2D eigenvalue weighted by atomic mass is 9.94. The van der Waals surface area contributed by atoms with Gasteiger partial charge in [-0.1, -0.05) is 34.1 Å². The number of nitrogens with zero attached hydrogens (tertiary/aromatic N) is 3. The summed E-state index contributed by atoms with van der Waals surface area (Å²) in [5, 5.41) is 23.6. The van der Waals surface area contributed by atoms with E-state index in [1.54, 1.807) is 6.07 Å². The second-order valence-electron chi connectivity index (χ2n) is 6.93. The number of H-pyrrole nitrogens is 1. The van der Waals surface area contributed by atoms with Gasteiger partial charge in [-0.05, 0) is 37.0 Å². The number of benzene rings is 2. The smallest absolute Gasteiger partial charge is 0.294 e. The Morgan fingerprint density at radius 1 is 1.14 bits per heavy atom. The minimum atomic E-state index is -0.531. The van der Waals surface area contributed by atoms with Crippen molar-refractivity contribution in [2.45, 2.75) is 19.3 Å². The fourth-order valence-corrected chi connectivity index (χ4v) is 4.37. The van der Waals surface area contributed by atoms with Gasteiger partial charge in [0.2, 0.25) is 0 Å². The first-order valence-corrected chi connectivity index (χ1v) is 9.86. The number of anilines is 1. The Morgan fingerprint density at radius 2 is 1.97 bits per heavy atom. The van der Waals surface area contributed by atoms with Crippen molar-refractivity contribution in [3.63, 3.8) is 0 Å². The summed E-state index contributed by atoms with van der Waals surface area (Å²) < 4.78 is 0.496. The van der Waals surface area contributed by atoms with E-state index in [1.807, 2.05) is 18.2 Å². The summed E-state index contributed by atoms with van der Waals surface area (Å²) in [6.07, 6.45) is 2.64. The van der Waals surface area contributed by atoms with E-state index in [9.17, 15) is 14.9 Å². The molecule has 29 heavy (non-hydrogen) atoms. The van der Waals surface area contributed by atoms with Crippen LogP contribution in [0.5, 0.6) is 0 Å². The second-order valence-corrected chi connectivity index (χ2v) is 7.85. The molecule has 1 amide bonds. The van der Waals surface area contributed by atoms with Gasteiger partial charge in [0.1, 0.15) is 5.69 Å². The van der Waals surface area contributed by atoms with Gasteiger partial charge in [0, 0.05) is 27.0 Å². The van der Waals surface area contributed by atoms with E-state index in [-0.39, 0.29) is 17.1 Å². The number of amides is 1. The molecule has 1 aliphatic carbocycles. The predicted molar refractivity (Wildman–Crippen MR) is 114 cm³/mol. The molecule has 0 unspecified atom stereocenters. The number of aryl methyl sites for hydroxylation is 1. The molecule has 144 valence electrons. The lowest BCUT2D eigenvalue weighted by molar-refractivity contribution is -0.384. The van der Waals surface area contributed by atoms with E-state index >= 15 is 0 Å². The van der Waals surface area contributed by atoms with Crippen molar-refractivity contribution < 1.29 is 9.72 Å². The summed E-state index contributed by atoms with van der Waals surface area (Å²) >= 11 is 3.26. The summed E-state index contributed by atoms with van der Waals surface area (Å²) in [7, 11) is 0. The van der Waals surface area contributed by atoms with Crippen LogP contribution in [0, 0.1) is 10.1 Å². The highest BCUT2D eigenvalue weighted by Gasteiger charge is 2.33. The van der Waals surface area contributed by atoms with Gasteiger partial charge in [-0.2, -0.15) is 5.10 Å². The zero-order valence-corrected chi connectivity index (χ0v) is 16.6. The highest BCUT2D eigenvalue weighted by molar-refractivity contribution is 9.10. The zero-order chi connectivity index (χ0) is 20.1. The first-order chi connectivity index (χ1) is 14.0. The van der Waals surface area contributed by atoms with E-state index in [0.29, 0.717) is 10.0 Å². The average Bonchev–Trinajstić information content (AvgIpc) is 3.23. The standard InChI is InChI=1S/C20H14BrN5O3/c21-10-8-13-18(16(9-10)26(28)29)23-20(27)19(13)25-24-15-7-3-5-12-11-4-1-2-6-14(11)22-17(12)15/h1-2,4,6,8-9,22H,3,5,7H2,(H,23,25,27)/b24-15+. The van der Waals surface area contributed by atoms with E-state index in [4.69, 9.17) is 0 Å². The van der Waals surface area contributed by atoms with E-state index in [0.717, 1.165) is 36.2 Å². The average molecular weight is 452 g/mol. The van der Waals surface area contributed by atoms with Crippen LogP contribution < -0.4 is 5.32 Å². The Morgan fingerprint density at radius 3 is 2.79 bits per heavy atom. The number of nitro groups is 1. The van der Waals surface area contributed by atoms with Crippen LogP contribution in [0.2, 0.25) is 0 Å². The van der Waals surface area contributed by atoms with Gasteiger partial charge in [-0.25, -0.2) is 0 Å². The fraction of sp³-hybridized carbons (Fsp3) is 0.150. The number of hydrogen-bond donors (Lipinski definition) is 2. The molecule has 0 fully saturated rings. The molecule has 3 aromatic rings. The number of nitro benzene ring substituents is 1. The maximum absolute atomic E-state index is 12.4. The largest absolute Gasteiger partial charge is 0.353 e. The Balaban J connectivity index is 1.61. The number of fused-ring (bicyclic) bond motifs is 4. The molecule has 2 aromatic carbocycles. The third kappa shape index (κ3) is 2.85. The monoisotopic (exact) mass is 451 g/mol. The highest BCUT2D eigenvalue weighted by Crippen LogP contribution is 2.36. The topological polar surface area (TPSA) is 113 Å². The molecule has 1 aromatic heterocycles. The molecule has 2 N–H and O–H groups in total. The van der Waals surface area contributed by atoms with Gasteiger partial charge in [0.15, 0.2) is 5.71 Å². The third-order valence-electron chi connectivity index (χ3n) is 5.20. The zero-order valence-electron chi connectivity index (χ0n) is 15.0. The van der Waals surface area contributed by atoms with Gasteiger partial charge < -0.3 is 10.3 Å². The first kappa shape index (κ1) is 17.7. The van der Waals surface area contributed by atoms with Crippen LogP contribution in [0.4, 0.5) is 11.4 Å². The van der Waals surface area contributed by atoms with Crippen molar-refractivity contribution in [3.05, 3.63) is 67.8 Å². The number of aromatic amines is 1. The molecule has 1 aliphatic heterocycles. The van der Waals surface area contributed by atoms with Crippen LogP contribution in [0.1, 0.15) is 29.7 Å². The summed E-state index contributed by atoms with van der Waals surface area (Å²) in [5.41, 5.74) is 4.38. The number of hydrogen-bond acceptors (Lipinski definition) is 5. The van der Waals surface area contributed by atoms with Crippen molar-refractivity contribution in [1.82, 2.24) is 4.98 Å². The quantitative estimate of drug-likeness (QED) is 0.446. The number of carbonyl (C=O) groups is 1. The van der Waals surface area contributed by atoms with Crippen molar-refractivity contribution >= 4 is 55.5 Å². The maximum Gasteiger partial charge on any atom is 0.294 e. The van der Waals surface area contributed by atoms with Crippen molar-refractivity contribution in [2.75, 3.05) is 5.32 Å². The number of halogens is 1. The molecule has 0 radical (unpaired) electrons. The predicted octanol–water partition coefficient (Wildman–Crippen LogP) is 4.32. The van der Waals surface area contributed by atoms with Gasteiger partial charge in [-0.3, -0.25) is 14.9 Å². The lowest BCUT2D eigenvalue weighted by Gasteiger charge is -2.12. The van der Waals surface area contributed by atoms with Crippen LogP contribution in [0.3, 0.4) is 0 Å². The Hall–Kier alpha value is -3.33. The summed E-state index contributed by atoms with van der Waals surface area (Å²) in [6.45, 7) is 0. The molecular formula is C20H14BrN5O3. The van der Waals surface area contributed by atoms with Crippen molar-refractivity contribution in [3.8, 4) is 0 Å².